The third kappa shape index (κ3) is 2.73. The van der Waals surface area contributed by atoms with Crippen LogP contribution in [0.2, 0.25) is 0 Å². The molecule has 3 heterocycles. The van der Waals surface area contributed by atoms with Crippen molar-refractivity contribution in [2.24, 2.45) is 0 Å². The Morgan fingerprint density at radius 2 is 2.12 bits per heavy atom. The second-order valence-electron chi connectivity index (χ2n) is 6.79. The lowest BCUT2D eigenvalue weighted by atomic mass is 10.0. The number of H-pyrrole nitrogens is 2. The number of hydrogen-bond acceptors (Lipinski definition) is 4. The van der Waals surface area contributed by atoms with E-state index in [2.05, 4.69) is 25.5 Å². The highest BCUT2D eigenvalue weighted by molar-refractivity contribution is 5.83. The largest absolute Gasteiger partial charge is 0.348 e. The van der Waals surface area contributed by atoms with Crippen LogP contribution in [0.1, 0.15) is 53.6 Å². The lowest BCUT2D eigenvalue weighted by Gasteiger charge is -2.26. The smallest absolute Gasteiger partial charge is 0.246 e. The van der Waals surface area contributed by atoms with E-state index in [9.17, 15) is 4.79 Å². The Labute approximate surface area is 141 Å². The van der Waals surface area contributed by atoms with Gasteiger partial charge in [0.25, 0.3) is 0 Å². The maximum absolute atomic E-state index is 12.9. The number of rotatable bonds is 3. The third-order valence-corrected chi connectivity index (χ3v) is 5.15. The van der Waals surface area contributed by atoms with Crippen LogP contribution < -0.4 is 5.32 Å². The standard InChI is InChI=1S/C17H24N6O/c1-23(9-14-11-5-3-2-4-6-12(11)21-22-14)17(24)16-15-13(7-8-18-16)19-10-20-15/h10,16,18H,2-9H2,1H3,(H,19,20)(H,21,22). The van der Waals surface area contributed by atoms with Gasteiger partial charge in [-0.2, -0.15) is 5.10 Å². The van der Waals surface area contributed by atoms with Crippen LogP contribution in [0.3, 0.4) is 0 Å². The number of nitrogens with one attached hydrogen (secondary N) is 3. The molecule has 1 unspecified atom stereocenters. The van der Waals surface area contributed by atoms with E-state index in [1.165, 1.54) is 30.5 Å². The molecule has 0 bridgehead atoms. The Kier molecular flexibility index (Phi) is 4.10. The summed E-state index contributed by atoms with van der Waals surface area (Å²) in [5.41, 5.74) is 5.49. The molecule has 0 saturated carbocycles. The SMILES string of the molecule is CN(Cc1n[nH]c2c1CCCCC2)C(=O)C1NCCc2[nH]cnc21. The third-order valence-electron chi connectivity index (χ3n) is 5.15. The Morgan fingerprint density at radius 3 is 3.04 bits per heavy atom. The number of carbonyl (C=O) groups is 1. The Hall–Kier alpha value is -2.15. The summed E-state index contributed by atoms with van der Waals surface area (Å²) in [5, 5.41) is 11.0. The molecule has 7 nitrogen and oxygen atoms in total. The van der Waals surface area contributed by atoms with Crippen molar-refractivity contribution in [2.75, 3.05) is 13.6 Å². The predicted molar refractivity (Wildman–Crippen MR) is 89.4 cm³/mol. The number of aromatic nitrogens is 4. The van der Waals surface area contributed by atoms with Gasteiger partial charge in [-0.05, 0) is 31.2 Å². The first-order valence-electron chi connectivity index (χ1n) is 8.79. The molecule has 1 aliphatic carbocycles. The van der Waals surface area contributed by atoms with Gasteiger partial charge in [0, 0.05) is 31.4 Å². The monoisotopic (exact) mass is 328 g/mol. The highest BCUT2D eigenvalue weighted by atomic mass is 16.2. The van der Waals surface area contributed by atoms with Crippen molar-refractivity contribution in [3.8, 4) is 0 Å². The van der Waals surface area contributed by atoms with Crippen molar-refractivity contribution >= 4 is 5.91 Å². The number of aryl methyl sites for hydroxylation is 1. The molecular formula is C17H24N6O. The van der Waals surface area contributed by atoms with Crippen molar-refractivity contribution in [1.29, 1.82) is 0 Å². The first-order valence-corrected chi connectivity index (χ1v) is 8.79. The van der Waals surface area contributed by atoms with E-state index in [0.717, 1.165) is 42.9 Å². The van der Waals surface area contributed by atoms with Crippen molar-refractivity contribution in [2.45, 2.75) is 51.1 Å². The average Bonchev–Trinajstić information content (AvgIpc) is 3.15. The van der Waals surface area contributed by atoms with Crippen molar-refractivity contribution < 1.29 is 4.79 Å². The van der Waals surface area contributed by atoms with Gasteiger partial charge < -0.3 is 15.2 Å². The minimum absolute atomic E-state index is 0.0495. The minimum atomic E-state index is -0.359. The van der Waals surface area contributed by atoms with Gasteiger partial charge in [0.2, 0.25) is 5.91 Å². The predicted octanol–water partition coefficient (Wildman–Crippen LogP) is 1.25. The summed E-state index contributed by atoms with van der Waals surface area (Å²) < 4.78 is 0. The molecule has 2 aromatic rings. The molecule has 128 valence electrons. The second kappa shape index (κ2) is 6.39. The van der Waals surface area contributed by atoms with Crippen LogP contribution in [0.15, 0.2) is 6.33 Å². The van der Waals surface area contributed by atoms with Crippen LogP contribution in [0.4, 0.5) is 0 Å². The van der Waals surface area contributed by atoms with E-state index >= 15 is 0 Å². The van der Waals surface area contributed by atoms with E-state index < -0.39 is 0 Å². The Morgan fingerprint density at radius 1 is 1.25 bits per heavy atom. The van der Waals surface area contributed by atoms with E-state index in [1.807, 2.05) is 7.05 Å². The van der Waals surface area contributed by atoms with Crippen LogP contribution in [0, 0.1) is 0 Å². The fraction of sp³-hybridized carbons (Fsp3) is 0.588. The quantitative estimate of drug-likeness (QED) is 0.740. The maximum atomic E-state index is 12.9. The minimum Gasteiger partial charge on any atom is -0.348 e. The van der Waals surface area contributed by atoms with E-state index in [0.29, 0.717) is 6.54 Å². The molecule has 3 N–H and O–H groups in total. The molecule has 1 aliphatic heterocycles. The maximum Gasteiger partial charge on any atom is 0.246 e. The normalized spacial score (nSPS) is 20.1. The fourth-order valence-electron chi connectivity index (χ4n) is 3.80. The zero-order chi connectivity index (χ0) is 16.5. The number of hydrogen-bond donors (Lipinski definition) is 3. The number of fused-ring (bicyclic) bond motifs is 2. The highest BCUT2D eigenvalue weighted by Gasteiger charge is 2.31. The summed E-state index contributed by atoms with van der Waals surface area (Å²) in [7, 11) is 1.85. The van der Waals surface area contributed by atoms with Gasteiger partial charge in [-0.15, -0.1) is 0 Å². The molecule has 24 heavy (non-hydrogen) atoms. The lowest BCUT2D eigenvalue weighted by Crippen LogP contribution is -2.42. The first-order chi connectivity index (χ1) is 11.7. The molecule has 0 saturated heterocycles. The average molecular weight is 328 g/mol. The van der Waals surface area contributed by atoms with Crippen LogP contribution >= 0.6 is 0 Å². The lowest BCUT2D eigenvalue weighted by molar-refractivity contribution is -0.133. The van der Waals surface area contributed by atoms with Crippen LogP contribution in [0.5, 0.6) is 0 Å². The van der Waals surface area contributed by atoms with Crippen LogP contribution in [-0.4, -0.2) is 44.6 Å². The number of likely N-dealkylation sites (N-methyl/N-ethyl adjacent to an activating group) is 1. The molecule has 0 aromatic carbocycles. The number of aromatic amines is 2. The van der Waals surface area contributed by atoms with Crippen LogP contribution in [-0.2, 0) is 30.6 Å². The molecule has 0 fully saturated rings. The van der Waals surface area contributed by atoms with Crippen molar-refractivity contribution in [3.63, 3.8) is 0 Å². The molecule has 2 aromatic heterocycles. The molecule has 1 atom stereocenters. The number of nitrogens with zero attached hydrogens (tertiary/aromatic N) is 3. The first kappa shape index (κ1) is 15.4. The summed E-state index contributed by atoms with van der Waals surface area (Å²) in [6.45, 7) is 1.33. The van der Waals surface area contributed by atoms with Gasteiger partial charge in [-0.3, -0.25) is 9.89 Å². The molecule has 1 amide bonds. The molecule has 2 aliphatic rings. The summed E-state index contributed by atoms with van der Waals surface area (Å²) >= 11 is 0. The van der Waals surface area contributed by atoms with Gasteiger partial charge in [0.05, 0.1) is 24.3 Å². The number of amides is 1. The van der Waals surface area contributed by atoms with Crippen LogP contribution in [0.25, 0.3) is 0 Å². The van der Waals surface area contributed by atoms with Gasteiger partial charge >= 0.3 is 0 Å². The van der Waals surface area contributed by atoms with Gasteiger partial charge in [0.1, 0.15) is 6.04 Å². The molecular weight excluding hydrogens is 304 g/mol. The van der Waals surface area contributed by atoms with Gasteiger partial charge in [-0.25, -0.2) is 4.98 Å². The Bertz CT molecular complexity index is 733. The van der Waals surface area contributed by atoms with Crippen molar-refractivity contribution in [3.05, 3.63) is 34.7 Å². The number of carbonyl (C=O) groups excluding carboxylic acids is 1. The molecule has 0 spiro atoms. The van der Waals surface area contributed by atoms with E-state index in [4.69, 9.17) is 0 Å². The Balaban J connectivity index is 1.50. The summed E-state index contributed by atoms with van der Waals surface area (Å²) in [6.07, 6.45) is 8.39. The van der Waals surface area contributed by atoms with E-state index in [-0.39, 0.29) is 11.9 Å². The van der Waals surface area contributed by atoms with Gasteiger partial charge in [0.15, 0.2) is 0 Å². The molecule has 0 radical (unpaired) electrons. The summed E-state index contributed by atoms with van der Waals surface area (Å²) in [4.78, 5) is 22.1. The fourth-order valence-corrected chi connectivity index (χ4v) is 3.80. The zero-order valence-electron chi connectivity index (χ0n) is 14.1. The second-order valence-corrected chi connectivity index (χ2v) is 6.79. The van der Waals surface area contributed by atoms with Gasteiger partial charge in [-0.1, -0.05) is 6.42 Å². The van der Waals surface area contributed by atoms with E-state index in [1.54, 1.807) is 11.2 Å². The topological polar surface area (TPSA) is 89.7 Å². The summed E-state index contributed by atoms with van der Waals surface area (Å²) in [5.74, 6) is 0.0495. The zero-order valence-corrected chi connectivity index (χ0v) is 14.1. The highest BCUT2D eigenvalue weighted by Crippen LogP contribution is 2.24. The van der Waals surface area contributed by atoms with Crippen molar-refractivity contribution in [1.82, 2.24) is 30.4 Å². The number of imidazole rings is 1. The molecule has 7 heteroatoms. The molecule has 4 rings (SSSR count). The summed E-state index contributed by atoms with van der Waals surface area (Å²) in [6, 6.07) is -0.359.